The summed E-state index contributed by atoms with van der Waals surface area (Å²) in [5, 5.41) is 12.8. The van der Waals surface area contributed by atoms with Crippen molar-refractivity contribution >= 4 is 20.0 Å². The Labute approximate surface area is 289 Å². The summed E-state index contributed by atoms with van der Waals surface area (Å²) in [6, 6.07) is 20.9. The minimum atomic E-state index is -3.90. The van der Waals surface area contributed by atoms with E-state index in [1.165, 1.54) is 32.0 Å². The summed E-state index contributed by atoms with van der Waals surface area (Å²) in [6.07, 6.45) is 9.60. The molecule has 18 heteroatoms. The molecule has 0 saturated carbocycles. The summed E-state index contributed by atoms with van der Waals surface area (Å²) in [5.41, 5.74) is 1.66. The van der Waals surface area contributed by atoms with Gasteiger partial charge in [0.15, 0.2) is 10.1 Å². The van der Waals surface area contributed by atoms with Gasteiger partial charge in [-0.05, 0) is 59.7 Å². The fraction of sp³-hybridized carbons (Fsp3) is 0.188. The number of nitrogens with zero attached hydrogens (tertiary/aromatic N) is 9. The maximum atomic E-state index is 13.6. The van der Waals surface area contributed by atoms with Gasteiger partial charge in [0.05, 0.1) is 14.2 Å². The molecular formula is C32H34N10O6S2. The number of ether oxygens (including phenoxy) is 2. The van der Waals surface area contributed by atoms with Crippen LogP contribution in [0.2, 0.25) is 0 Å². The van der Waals surface area contributed by atoms with Crippen molar-refractivity contribution in [1.82, 2.24) is 43.8 Å². The van der Waals surface area contributed by atoms with Gasteiger partial charge in [0.25, 0.3) is 20.0 Å². The molecule has 0 spiro atoms. The summed E-state index contributed by atoms with van der Waals surface area (Å²) in [6.45, 7) is 0.920. The van der Waals surface area contributed by atoms with Gasteiger partial charge in [0.2, 0.25) is 0 Å². The van der Waals surface area contributed by atoms with Crippen molar-refractivity contribution < 1.29 is 26.3 Å². The first-order valence-corrected chi connectivity index (χ1v) is 17.9. The second-order valence-electron chi connectivity index (χ2n) is 10.5. The van der Waals surface area contributed by atoms with E-state index in [2.05, 4.69) is 30.1 Å². The number of rotatable bonds is 13. The van der Waals surface area contributed by atoms with Gasteiger partial charge in [-0.15, -0.1) is 0 Å². The highest BCUT2D eigenvalue weighted by atomic mass is 32.2. The van der Waals surface area contributed by atoms with Gasteiger partial charge in [-0.1, -0.05) is 24.3 Å². The van der Waals surface area contributed by atoms with Crippen LogP contribution in [0.3, 0.4) is 0 Å². The van der Waals surface area contributed by atoms with Crippen molar-refractivity contribution in [2.24, 2.45) is 5.14 Å². The van der Waals surface area contributed by atoms with Crippen LogP contribution < -0.4 is 14.6 Å². The smallest absolute Gasteiger partial charge is 0.262 e. The lowest BCUT2D eigenvalue weighted by Crippen LogP contribution is -2.30. The predicted molar refractivity (Wildman–Crippen MR) is 181 cm³/mol. The summed E-state index contributed by atoms with van der Waals surface area (Å²) in [4.78, 5) is 16.3. The van der Waals surface area contributed by atoms with Gasteiger partial charge in [-0.25, -0.2) is 41.9 Å². The van der Waals surface area contributed by atoms with Crippen molar-refractivity contribution in [3.63, 3.8) is 0 Å². The molecule has 0 unspecified atom stereocenters. The number of aromatic nitrogens is 8. The van der Waals surface area contributed by atoms with Gasteiger partial charge in [0, 0.05) is 50.3 Å². The lowest BCUT2D eigenvalue weighted by Gasteiger charge is -2.21. The number of hydrogen-bond donors (Lipinski definition) is 1. The molecule has 0 aliphatic rings. The van der Waals surface area contributed by atoms with Crippen LogP contribution in [0.1, 0.15) is 22.8 Å². The minimum absolute atomic E-state index is 0.0366. The van der Waals surface area contributed by atoms with Gasteiger partial charge in [0.1, 0.15) is 36.2 Å². The molecule has 6 aromatic rings. The number of nitrogens with two attached hydrogens (primary N) is 1. The standard InChI is InChI=1S/C24H25N5O4S.C8H9N5O2S/c1-32-21-8-4-19(5-9-21)16-29(17-20-6-10-22(33-2)11-7-20)34(30,31)24-12-15-28(27-24)18-23-25-13-3-14-26-23;9-16(14,15)8-2-5-13(12-8)6-7-10-3-1-4-11-7/h3-15H,16-18H2,1-2H3;1-5H,6H2,(H2,9,14,15). The molecule has 0 aliphatic carbocycles. The topological polar surface area (TPSA) is 203 Å². The maximum absolute atomic E-state index is 13.6. The SMILES string of the molecule is COc1ccc(CN(Cc2ccc(OC)cc2)S(=O)(=O)c2ccn(Cc3ncccn3)n2)cc1.NS(=O)(=O)c1ccn(Cc2ncccn2)n1. The molecule has 0 radical (unpaired) electrons. The number of primary sulfonamides is 1. The van der Waals surface area contributed by atoms with Gasteiger partial charge < -0.3 is 9.47 Å². The first-order valence-electron chi connectivity index (χ1n) is 14.9. The molecule has 0 atom stereocenters. The van der Waals surface area contributed by atoms with E-state index in [1.54, 1.807) is 57.3 Å². The Morgan fingerprint density at radius 2 is 1.02 bits per heavy atom. The van der Waals surface area contributed by atoms with Crippen molar-refractivity contribution in [3.05, 3.63) is 133 Å². The highest BCUT2D eigenvalue weighted by molar-refractivity contribution is 7.89. The average molecular weight is 719 g/mol. The van der Waals surface area contributed by atoms with Crippen LogP contribution in [-0.4, -0.2) is 74.9 Å². The summed E-state index contributed by atoms with van der Waals surface area (Å²) < 4.78 is 63.9. The summed E-state index contributed by atoms with van der Waals surface area (Å²) in [7, 11) is -4.47. The number of sulfonamides is 2. The largest absolute Gasteiger partial charge is 0.497 e. The van der Waals surface area contributed by atoms with Crippen LogP contribution in [0, 0.1) is 0 Å². The molecule has 0 bridgehead atoms. The second kappa shape index (κ2) is 16.2. The number of hydrogen-bond acceptors (Lipinski definition) is 12. The van der Waals surface area contributed by atoms with E-state index < -0.39 is 20.0 Å². The Morgan fingerprint density at radius 3 is 1.40 bits per heavy atom. The van der Waals surface area contributed by atoms with E-state index in [-0.39, 0.29) is 29.7 Å². The van der Waals surface area contributed by atoms with E-state index in [1.807, 2.05) is 48.5 Å². The molecule has 2 aromatic carbocycles. The Balaban J connectivity index is 0.000000253. The van der Waals surface area contributed by atoms with Crippen LogP contribution in [-0.2, 0) is 46.2 Å². The third kappa shape index (κ3) is 9.75. The Bertz CT molecular complexity index is 2130. The molecule has 260 valence electrons. The lowest BCUT2D eigenvalue weighted by atomic mass is 10.2. The van der Waals surface area contributed by atoms with Crippen LogP contribution in [0.25, 0.3) is 0 Å². The quantitative estimate of drug-likeness (QED) is 0.183. The predicted octanol–water partition coefficient (Wildman–Crippen LogP) is 2.50. The fourth-order valence-electron chi connectivity index (χ4n) is 4.49. The fourth-order valence-corrected chi connectivity index (χ4v) is 6.30. The van der Waals surface area contributed by atoms with Gasteiger partial charge >= 0.3 is 0 Å². The Morgan fingerprint density at radius 1 is 0.620 bits per heavy atom. The maximum Gasteiger partial charge on any atom is 0.262 e. The van der Waals surface area contributed by atoms with Crippen LogP contribution in [0.15, 0.2) is 120 Å². The normalized spacial score (nSPS) is 11.5. The number of benzene rings is 2. The van der Waals surface area contributed by atoms with Gasteiger partial charge in [-0.3, -0.25) is 9.36 Å². The Hall–Kier alpha value is -5.56. The second-order valence-corrected chi connectivity index (χ2v) is 13.9. The first kappa shape index (κ1) is 35.7. The minimum Gasteiger partial charge on any atom is -0.497 e. The van der Waals surface area contributed by atoms with E-state index in [0.717, 1.165) is 11.1 Å². The average Bonchev–Trinajstić information content (AvgIpc) is 3.81. The van der Waals surface area contributed by atoms with E-state index in [0.29, 0.717) is 29.7 Å². The molecular weight excluding hydrogens is 685 g/mol. The molecule has 2 N–H and O–H groups in total. The number of methoxy groups -OCH3 is 2. The van der Waals surface area contributed by atoms with Crippen LogP contribution >= 0.6 is 0 Å². The highest BCUT2D eigenvalue weighted by Crippen LogP contribution is 2.23. The molecule has 0 fully saturated rings. The molecule has 6 rings (SSSR count). The van der Waals surface area contributed by atoms with E-state index in [4.69, 9.17) is 14.6 Å². The highest BCUT2D eigenvalue weighted by Gasteiger charge is 2.28. The van der Waals surface area contributed by atoms with Crippen LogP contribution in [0.4, 0.5) is 0 Å². The van der Waals surface area contributed by atoms with Gasteiger partial charge in [-0.2, -0.15) is 14.5 Å². The molecule has 0 amide bonds. The zero-order chi connectivity index (χ0) is 35.6. The molecule has 4 aromatic heterocycles. The molecule has 16 nitrogen and oxygen atoms in total. The van der Waals surface area contributed by atoms with E-state index >= 15 is 0 Å². The van der Waals surface area contributed by atoms with Crippen molar-refractivity contribution in [2.45, 2.75) is 36.2 Å². The molecule has 0 saturated heterocycles. The zero-order valence-electron chi connectivity index (χ0n) is 27.1. The molecule has 4 heterocycles. The third-order valence-electron chi connectivity index (χ3n) is 7.01. The van der Waals surface area contributed by atoms with Crippen LogP contribution in [0.5, 0.6) is 11.5 Å². The van der Waals surface area contributed by atoms with Crippen molar-refractivity contribution in [2.75, 3.05) is 14.2 Å². The molecule has 50 heavy (non-hydrogen) atoms. The van der Waals surface area contributed by atoms with E-state index in [9.17, 15) is 16.8 Å². The zero-order valence-corrected chi connectivity index (χ0v) is 28.7. The monoisotopic (exact) mass is 718 g/mol. The Kier molecular flexibility index (Phi) is 11.6. The van der Waals surface area contributed by atoms with Crippen molar-refractivity contribution in [3.8, 4) is 11.5 Å². The summed E-state index contributed by atoms with van der Waals surface area (Å²) >= 11 is 0. The first-order chi connectivity index (χ1) is 24.0. The lowest BCUT2D eigenvalue weighted by molar-refractivity contribution is 0.395. The molecule has 0 aliphatic heterocycles. The van der Waals surface area contributed by atoms with Crippen molar-refractivity contribution in [1.29, 1.82) is 0 Å². The third-order valence-corrected chi connectivity index (χ3v) is 9.49. The summed E-state index contributed by atoms with van der Waals surface area (Å²) in [5.74, 6) is 2.50.